The molecular weight excluding hydrogens is 326 g/mol. The van der Waals surface area contributed by atoms with E-state index in [1.54, 1.807) is 0 Å². The monoisotopic (exact) mass is 353 g/mol. The van der Waals surface area contributed by atoms with E-state index < -0.39 is 0 Å². The third kappa shape index (κ3) is 6.21. The number of amides is 1. The van der Waals surface area contributed by atoms with Crippen LogP contribution in [-0.4, -0.2) is 17.3 Å². The van der Waals surface area contributed by atoms with E-state index in [9.17, 15) is 4.79 Å². The second-order valence-corrected chi connectivity index (χ2v) is 9.16. The van der Waals surface area contributed by atoms with Gasteiger partial charge in [0.1, 0.15) is 0 Å². The smallest absolute Gasteiger partial charge is 0.251 e. The van der Waals surface area contributed by atoms with Gasteiger partial charge in [0.15, 0.2) is 0 Å². The lowest BCUT2D eigenvalue weighted by Crippen LogP contribution is -2.33. The van der Waals surface area contributed by atoms with Gasteiger partial charge in [0.2, 0.25) is 0 Å². The van der Waals surface area contributed by atoms with Crippen LogP contribution in [0.2, 0.25) is 0 Å². The lowest BCUT2D eigenvalue weighted by Gasteiger charge is -2.24. The van der Waals surface area contributed by atoms with Crippen molar-refractivity contribution in [1.29, 1.82) is 0 Å². The van der Waals surface area contributed by atoms with Crippen LogP contribution >= 0.6 is 15.9 Å². The number of halogens is 1. The molecule has 1 amide bonds. The van der Waals surface area contributed by atoms with Gasteiger partial charge in [-0.25, -0.2) is 0 Å². The minimum atomic E-state index is -0.0346. The zero-order valence-corrected chi connectivity index (χ0v) is 15.7. The molecule has 118 valence electrons. The van der Waals surface area contributed by atoms with Crippen molar-refractivity contribution in [3.05, 3.63) is 35.4 Å². The summed E-state index contributed by atoms with van der Waals surface area (Å²) in [6.07, 6.45) is 1.02. The van der Waals surface area contributed by atoms with Gasteiger partial charge in [0.25, 0.3) is 5.91 Å². The first-order chi connectivity index (χ1) is 9.50. The van der Waals surface area contributed by atoms with Crippen molar-refractivity contribution < 1.29 is 4.79 Å². The van der Waals surface area contributed by atoms with Crippen molar-refractivity contribution in [2.75, 3.05) is 6.54 Å². The summed E-state index contributed by atoms with van der Waals surface area (Å²) in [7, 11) is 0. The van der Waals surface area contributed by atoms with E-state index in [2.05, 4.69) is 62.8 Å². The van der Waals surface area contributed by atoms with Gasteiger partial charge in [-0.1, -0.05) is 75.7 Å². The van der Waals surface area contributed by atoms with Gasteiger partial charge in [0, 0.05) is 16.9 Å². The second kappa shape index (κ2) is 6.95. The molecule has 0 aromatic heterocycles. The van der Waals surface area contributed by atoms with Gasteiger partial charge in [0.05, 0.1) is 0 Å². The van der Waals surface area contributed by atoms with Gasteiger partial charge in [-0.3, -0.25) is 4.79 Å². The van der Waals surface area contributed by atoms with Gasteiger partial charge in [-0.15, -0.1) is 0 Å². The van der Waals surface area contributed by atoms with Crippen LogP contribution in [0.4, 0.5) is 0 Å². The molecule has 0 aliphatic rings. The first-order valence-corrected chi connectivity index (χ1v) is 8.44. The van der Waals surface area contributed by atoms with Crippen molar-refractivity contribution in [1.82, 2.24) is 5.32 Å². The number of nitrogens with one attached hydrogen (secondary N) is 1. The fourth-order valence-corrected chi connectivity index (χ4v) is 3.50. The Labute approximate surface area is 137 Å². The molecule has 1 N–H and O–H groups in total. The molecule has 1 unspecified atom stereocenters. The molecule has 0 bridgehead atoms. The molecule has 0 radical (unpaired) electrons. The van der Waals surface area contributed by atoms with Gasteiger partial charge in [-0.05, 0) is 28.9 Å². The second-order valence-electron chi connectivity index (χ2n) is 7.87. The number of benzene rings is 1. The number of carbonyl (C=O) groups excluding carboxylic acids is 1. The Balaban J connectivity index is 2.73. The van der Waals surface area contributed by atoms with Crippen LogP contribution in [0, 0.1) is 5.41 Å². The highest BCUT2D eigenvalue weighted by molar-refractivity contribution is 9.09. The average Bonchev–Trinajstić information content (AvgIpc) is 2.33. The van der Waals surface area contributed by atoms with Crippen molar-refractivity contribution in [2.24, 2.45) is 5.41 Å². The first kappa shape index (κ1) is 18.2. The molecule has 0 aliphatic carbocycles. The summed E-state index contributed by atoms with van der Waals surface area (Å²) in [5, 5.41) is 3.05. The normalized spacial score (nSPS) is 13.9. The topological polar surface area (TPSA) is 29.1 Å². The van der Waals surface area contributed by atoms with Crippen LogP contribution in [0.15, 0.2) is 24.3 Å². The van der Waals surface area contributed by atoms with Gasteiger partial charge >= 0.3 is 0 Å². The largest absolute Gasteiger partial charge is 0.351 e. The SMILES string of the molecule is CC(C)(C)CC(Br)CNC(=O)c1ccccc1C(C)(C)C. The van der Waals surface area contributed by atoms with Crippen molar-refractivity contribution >= 4 is 21.8 Å². The molecule has 0 fully saturated rings. The fourth-order valence-electron chi connectivity index (χ4n) is 2.37. The Morgan fingerprint density at radius 1 is 1.14 bits per heavy atom. The van der Waals surface area contributed by atoms with E-state index in [1.165, 1.54) is 0 Å². The predicted octanol–water partition coefficient (Wildman–Crippen LogP) is 4.91. The van der Waals surface area contributed by atoms with Gasteiger partial charge in [-0.2, -0.15) is 0 Å². The average molecular weight is 354 g/mol. The Bertz CT molecular complexity index is 483. The van der Waals surface area contributed by atoms with E-state index >= 15 is 0 Å². The number of rotatable bonds is 4. The Morgan fingerprint density at radius 2 is 1.71 bits per heavy atom. The van der Waals surface area contributed by atoms with Gasteiger partial charge < -0.3 is 5.32 Å². The molecule has 21 heavy (non-hydrogen) atoms. The lowest BCUT2D eigenvalue weighted by molar-refractivity contribution is 0.0950. The number of carbonyl (C=O) groups is 1. The molecule has 1 rings (SSSR count). The third-order valence-electron chi connectivity index (χ3n) is 3.30. The van der Waals surface area contributed by atoms with Crippen LogP contribution in [0.5, 0.6) is 0 Å². The van der Waals surface area contributed by atoms with Crippen LogP contribution in [0.3, 0.4) is 0 Å². The molecule has 0 saturated heterocycles. The van der Waals surface area contributed by atoms with Crippen molar-refractivity contribution in [3.8, 4) is 0 Å². The first-order valence-electron chi connectivity index (χ1n) is 7.52. The summed E-state index contributed by atoms with van der Waals surface area (Å²) < 4.78 is 0. The highest BCUT2D eigenvalue weighted by Crippen LogP contribution is 2.26. The summed E-state index contributed by atoms with van der Waals surface area (Å²) >= 11 is 3.66. The van der Waals surface area contributed by atoms with Crippen LogP contribution < -0.4 is 5.32 Å². The van der Waals surface area contributed by atoms with E-state index in [1.807, 2.05) is 24.3 Å². The van der Waals surface area contributed by atoms with Crippen molar-refractivity contribution in [3.63, 3.8) is 0 Å². The standard InChI is InChI=1S/C18H28BrNO/c1-17(2,3)11-13(19)12-20-16(21)14-9-7-8-10-15(14)18(4,5)6/h7-10,13H,11-12H2,1-6H3,(H,20,21). The quantitative estimate of drug-likeness (QED) is 0.765. The minimum Gasteiger partial charge on any atom is -0.351 e. The van der Waals surface area contributed by atoms with E-state index in [4.69, 9.17) is 0 Å². The zero-order valence-electron chi connectivity index (χ0n) is 14.1. The molecule has 0 heterocycles. The summed E-state index contributed by atoms with van der Waals surface area (Å²) in [5.41, 5.74) is 2.08. The molecule has 0 saturated carbocycles. The maximum absolute atomic E-state index is 12.5. The molecule has 0 aliphatic heterocycles. The van der Waals surface area contributed by atoms with Crippen LogP contribution in [0.1, 0.15) is 63.9 Å². The lowest BCUT2D eigenvalue weighted by atomic mass is 9.83. The number of alkyl halides is 1. The number of hydrogen-bond acceptors (Lipinski definition) is 1. The summed E-state index contributed by atoms with van der Waals surface area (Å²) in [5.74, 6) is 0.0129. The Hall–Kier alpha value is -0.830. The Kier molecular flexibility index (Phi) is 6.03. The predicted molar refractivity (Wildman–Crippen MR) is 94.3 cm³/mol. The van der Waals surface area contributed by atoms with E-state index in [-0.39, 0.29) is 16.7 Å². The Morgan fingerprint density at radius 3 is 2.24 bits per heavy atom. The molecule has 2 nitrogen and oxygen atoms in total. The molecule has 1 aromatic rings. The summed E-state index contributed by atoms with van der Waals surface area (Å²) in [4.78, 5) is 12.7. The maximum atomic E-state index is 12.5. The highest BCUT2D eigenvalue weighted by atomic mass is 79.9. The maximum Gasteiger partial charge on any atom is 0.251 e. The highest BCUT2D eigenvalue weighted by Gasteiger charge is 2.22. The molecule has 0 spiro atoms. The van der Waals surface area contributed by atoms with E-state index in [0.717, 1.165) is 17.5 Å². The zero-order chi connectivity index (χ0) is 16.3. The van der Waals surface area contributed by atoms with E-state index in [0.29, 0.717) is 11.4 Å². The summed E-state index contributed by atoms with van der Waals surface area (Å²) in [6.45, 7) is 13.7. The third-order valence-corrected chi connectivity index (χ3v) is 3.95. The van der Waals surface area contributed by atoms with Crippen LogP contribution in [-0.2, 0) is 5.41 Å². The molecule has 1 aromatic carbocycles. The summed E-state index contributed by atoms with van der Waals surface area (Å²) in [6, 6.07) is 7.85. The molecule has 1 atom stereocenters. The molecular formula is C18H28BrNO. The van der Waals surface area contributed by atoms with Crippen molar-refractivity contribution in [2.45, 2.75) is 58.2 Å². The van der Waals surface area contributed by atoms with Crippen LogP contribution in [0.25, 0.3) is 0 Å². The fraction of sp³-hybridized carbons (Fsp3) is 0.611. The molecule has 3 heteroatoms. The number of hydrogen-bond donors (Lipinski definition) is 1. The minimum absolute atomic E-state index is 0.0129.